The average molecular weight is 352 g/mol. The van der Waals surface area contributed by atoms with Crippen LogP contribution >= 0.6 is 0 Å². The van der Waals surface area contributed by atoms with Crippen LogP contribution in [0, 0.1) is 0 Å². The molecule has 1 N–H and O–H groups in total. The highest BCUT2D eigenvalue weighted by atomic mass is 16.5. The van der Waals surface area contributed by atoms with Gasteiger partial charge in [0.15, 0.2) is 5.82 Å². The molecule has 134 valence electrons. The van der Waals surface area contributed by atoms with E-state index < -0.39 is 0 Å². The predicted octanol–water partition coefficient (Wildman–Crippen LogP) is 1.92. The molecule has 0 bridgehead atoms. The fourth-order valence-corrected chi connectivity index (χ4v) is 2.48. The van der Waals surface area contributed by atoms with Gasteiger partial charge < -0.3 is 15.0 Å². The van der Waals surface area contributed by atoms with Crippen LogP contribution in [0.3, 0.4) is 0 Å². The van der Waals surface area contributed by atoms with Gasteiger partial charge >= 0.3 is 0 Å². The lowest BCUT2D eigenvalue weighted by Gasteiger charge is -2.14. The summed E-state index contributed by atoms with van der Waals surface area (Å²) in [4.78, 5) is 22.5. The van der Waals surface area contributed by atoms with Crippen LogP contribution in [0.2, 0.25) is 0 Å². The van der Waals surface area contributed by atoms with Gasteiger partial charge in [0.05, 0.1) is 37.8 Å². The van der Waals surface area contributed by atoms with E-state index >= 15 is 0 Å². The Morgan fingerprint density at radius 2 is 2.15 bits per heavy atom. The summed E-state index contributed by atoms with van der Waals surface area (Å²) in [6.45, 7) is 0. The molecule has 0 unspecified atom stereocenters. The third-order valence-corrected chi connectivity index (χ3v) is 3.74. The molecule has 0 atom stereocenters. The highest BCUT2D eigenvalue weighted by Crippen LogP contribution is 2.20. The van der Waals surface area contributed by atoms with Crippen molar-refractivity contribution < 1.29 is 9.53 Å². The van der Waals surface area contributed by atoms with Crippen LogP contribution in [0.15, 0.2) is 49.2 Å². The molecule has 8 heteroatoms. The molecule has 3 rings (SSSR count). The maximum Gasteiger partial charge on any atom is 0.228 e. The molecule has 0 saturated carbocycles. The van der Waals surface area contributed by atoms with Gasteiger partial charge in [-0.1, -0.05) is 12.1 Å². The number of anilines is 2. The van der Waals surface area contributed by atoms with Crippen LogP contribution in [0.5, 0.6) is 5.75 Å². The molecular formula is C18H20N6O2. The first-order chi connectivity index (χ1) is 12.6. The minimum Gasteiger partial charge on any atom is -0.497 e. The molecule has 0 aliphatic rings. The van der Waals surface area contributed by atoms with Gasteiger partial charge in [-0.05, 0) is 17.7 Å². The van der Waals surface area contributed by atoms with Crippen LogP contribution in [0.1, 0.15) is 5.56 Å². The molecule has 26 heavy (non-hydrogen) atoms. The zero-order valence-electron chi connectivity index (χ0n) is 14.9. The first kappa shape index (κ1) is 17.4. The fourth-order valence-electron chi connectivity index (χ4n) is 2.48. The Bertz CT molecular complexity index is 906. The van der Waals surface area contributed by atoms with Crippen molar-refractivity contribution in [1.29, 1.82) is 0 Å². The van der Waals surface area contributed by atoms with Crippen LogP contribution in [0.25, 0.3) is 5.82 Å². The highest BCUT2D eigenvalue weighted by Gasteiger charge is 2.11. The van der Waals surface area contributed by atoms with Crippen LogP contribution in [-0.4, -0.2) is 46.9 Å². The van der Waals surface area contributed by atoms with Crippen molar-refractivity contribution in [2.45, 2.75) is 6.42 Å². The van der Waals surface area contributed by atoms with E-state index in [9.17, 15) is 4.79 Å². The van der Waals surface area contributed by atoms with Crippen molar-refractivity contribution in [1.82, 2.24) is 19.7 Å². The summed E-state index contributed by atoms with van der Waals surface area (Å²) in [5, 5.41) is 7.13. The second kappa shape index (κ2) is 7.64. The molecule has 0 saturated heterocycles. The molecule has 2 aromatic heterocycles. The summed E-state index contributed by atoms with van der Waals surface area (Å²) in [5.41, 5.74) is 2.30. The van der Waals surface area contributed by atoms with E-state index in [0.29, 0.717) is 11.5 Å². The van der Waals surface area contributed by atoms with Crippen molar-refractivity contribution >= 4 is 17.3 Å². The van der Waals surface area contributed by atoms with Crippen molar-refractivity contribution in [2.75, 3.05) is 31.4 Å². The number of hydrogen-bond acceptors (Lipinski definition) is 6. The molecule has 0 aliphatic carbocycles. The SMILES string of the molecule is COc1cccc(CC(=O)Nc2cnn(-c3ncncc3N(C)C)c2)c1. The van der Waals surface area contributed by atoms with E-state index in [1.807, 2.05) is 43.3 Å². The summed E-state index contributed by atoms with van der Waals surface area (Å²) >= 11 is 0. The first-order valence-electron chi connectivity index (χ1n) is 8.02. The van der Waals surface area contributed by atoms with Crippen molar-refractivity contribution in [3.63, 3.8) is 0 Å². The molecule has 0 spiro atoms. The number of carbonyl (C=O) groups is 1. The molecule has 0 radical (unpaired) electrons. The quantitative estimate of drug-likeness (QED) is 0.729. The van der Waals surface area contributed by atoms with Gasteiger partial charge in [-0.2, -0.15) is 5.10 Å². The van der Waals surface area contributed by atoms with Gasteiger partial charge in [0.1, 0.15) is 17.8 Å². The molecule has 2 heterocycles. The number of nitrogens with zero attached hydrogens (tertiary/aromatic N) is 5. The zero-order chi connectivity index (χ0) is 18.5. The van der Waals surface area contributed by atoms with Gasteiger partial charge in [0.25, 0.3) is 0 Å². The predicted molar refractivity (Wildman–Crippen MR) is 98.8 cm³/mol. The summed E-state index contributed by atoms with van der Waals surface area (Å²) in [6, 6.07) is 7.43. The lowest BCUT2D eigenvalue weighted by Crippen LogP contribution is -2.15. The Morgan fingerprint density at radius 3 is 2.92 bits per heavy atom. The van der Waals surface area contributed by atoms with E-state index in [1.54, 1.807) is 30.4 Å². The molecule has 1 amide bonds. The van der Waals surface area contributed by atoms with Gasteiger partial charge in [0, 0.05) is 14.1 Å². The number of aromatic nitrogens is 4. The van der Waals surface area contributed by atoms with Crippen molar-refractivity contribution in [3.8, 4) is 11.6 Å². The fraction of sp³-hybridized carbons (Fsp3) is 0.222. The van der Waals surface area contributed by atoms with Crippen LogP contribution < -0.4 is 15.0 Å². The Hall–Kier alpha value is -3.42. The Balaban J connectivity index is 1.71. The molecule has 0 fully saturated rings. The van der Waals surface area contributed by atoms with Gasteiger partial charge in [0.2, 0.25) is 5.91 Å². The van der Waals surface area contributed by atoms with E-state index in [-0.39, 0.29) is 12.3 Å². The number of benzene rings is 1. The maximum atomic E-state index is 12.3. The number of rotatable bonds is 6. The lowest BCUT2D eigenvalue weighted by molar-refractivity contribution is -0.115. The standard InChI is InChI=1S/C18H20N6O2/c1-23(2)16-10-19-12-20-18(16)24-11-14(9-21-24)22-17(25)8-13-5-4-6-15(7-13)26-3/h4-7,9-12H,8H2,1-3H3,(H,22,25). The normalized spacial score (nSPS) is 10.4. The van der Waals surface area contributed by atoms with Gasteiger partial charge in [-0.15, -0.1) is 0 Å². The number of hydrogen-bond donors (Lipinski definition) is 1. The van der Waals surface area contributed by atoms with E-state index in [2.05, 4.69) is 20.4 Å². The highest BCUT2D eigenvalue weighted by molar-refractivity contribution is 5.92. The van der Waals surface area contributed by atoms with E-state index in [4.69, 9.17) is 4.74 Å². The largest absolute Gasteiger partial charge is 0.497 e. The number of nitrogens with one attached hydrogen (secondary N) is 1. The number of carbonyl (C=O) groups excluding carboxylic acids is 1. The summed E-state index contributed by atoms with van der Waals surface area (Å²) in [5.74, 6) is 1.23. The third kappa shape index (κ3) is 3.97. The van der Waals surface area contributed by atoms with Gasteiger partial charge in [-0.3, -0.25) is 4.79 Å². The maximum absolute atomic E-state index is 12.3. The minimum absolute atomic E-state index is 0.131. The van der Waals surface area contributed by atoms with E-state index in [0.717, 1.165) is 17.0 Å². The Labute approximate surface area is 151 Å². The smallest absolute Gasteiger partial charge is 0.228 e. The first-order valence-corrected chi connectivity index (χ1v) is 8.02. The topological polar surface area (TPSA) is 85.2 Å². The summed E-state index contributed by atoms with van der Waals surface area (Å²) < 4.78 is 6.79. The van der Waals surface area contributed by atoms with Gasteiger partial charge in [-0.25, -0.2) is 14.6 Å². The van der Waals surface area contributed by atoms with Crippen LogP contribution in [-0.2, 0) is 11.2 Å². The zero-order valence-corrected chi connectivity index (χ0v) is 14.9. The molecule has 0 aliphatic heterocycles. The third-order valence-electron chi connectivity index (χ3n) is 3.74. The second-order valence-electron chi connectivity index (χ2n) is 5.88. The number of methoxy groups -OCH3 is 1. The molecule has 1 aromatic carbocycles. The molecule has 3 aromatic rings. The number of ether oxygens (including phenoxy) is 1. The Kier molecular flexibility index (Phi) is 5.12. The average Bonchev–Trinajstić information content (AvgIpc) is 3.10. The monoisotopic (exact) mass is 352 g/mol. The molecular weight excluding hydrogens is 332 g/mol. The second-order valence-corrected chi connectivity index (χ2v) is 5.88. The van der Waals surface area contributed by atoms with E-state index in [1.165, 1.54) is 6.33 Å². The summed E-state index contributed by atoms with van der Waals surface area (Å²) in [6.07, 6.45) is 6.73. The lowest BCUT2D eigenvalue weighted by atomic mass is 10.1. The van der Waals surface area contributed by atoms with Crippen molar-refractivity contribution in [2.24, 2.45) is 0 Å². The minimum atomic E-state index is -0.131. The Morgan fingerprint density at radius 1 is 1.31 bits per heavy atom. The number of amides is 1. The molecule has 8 nitrogen and oxygen atoms in total. The summed E-state index contributed by atoms with van der Waals surface area (Å²) in [7, 11) is 5.41. The van der Waals surface area contributed by atoms with Crippen LogP contribution in [0.4, 0.5) is 11.4 Å². The van der Waals surface area contributed by atoms with Crippen molar-refractivity contribution in [3.05, 3.63) is 54.7 Å².